The van der Waals surface area contributed by atoms with Gasteiger partial charge in [-0.2, -0.15) is 0 Å². The normalized spacial score (nSPS) is 15.2. The first-order valence-electron chi connectivity index (χ1n) is 8.01. The number of aryl methyl sites for hydroxylation is 3. The summed E-state index contributed by atoms with van der Waals surface area (Å²) in [5.74, 6) is 0.485. The van der Waals surface area contributed by atoms with E-state index in [9.17, 15) is 9.59 Å². The Morgan fingerprint density at radius 1 is 0.783 bits per heavy atom. The van der Waals surface area contributed by atoms with E-state index in [0.717, 1.165) is 12.1 Å². The van der Waals surface area contributed by atoms with Crippen LogP contribution in [0.25, 0.3) is 0 Å². The Balaban J connectivity index is 0.000000136. The van der Waals surface area contributed by atoms with Crippen LogP contribution in [0.4, 0.5) is 5.69 Å². The molecule has 23 heavy (non-hydrogen) atoms. The highest BCUT2D eigenvalue weighted by atomic mass is 16.1. The zero-order valence-electron chi connectivity index (χ0n) is 13.6. The van der Waals surface area contributed by atoms with E-state index in [1.165, 1.54) is 27.8 Å². The molecule has 0 radical (unpaired) electrons. The second-order valence-electron chi connectivity index (χ2n) is 6.37. The summed E-state index contributed by atoms with van der Waals surface area (Å²) in [6, 6.07) is 12.4. The van der Waals surface area contributed by atoms with Gasteiger partial charge in [-0.15, -0.1) is 0 Å². The molecule has 0 aromatic heterocycles. The molecule has 1 heterocycles. The van der Waals surface area contributed by atoms with Crippen molar-refractivity contribution in [2.24, 2.45) is 0 Å². The number of amides is 1. The third-order valence-corrected chi connectivity index (χ3v) is 4.30. The van der Waals surface area contributed by atoms with Gasteiger partial charge in [-0.3, -0.25) is 9.59 Å². The van der Waals surface area contributed by atoms with E-state index in [1.807, 2.05) is 13.0 Å². The number of nitrogens with one attached hydrogen (secondary N) is 1. The summed E-state index contributed by atoms with van der Waals surface area (Å²) in [5.41, 5.74) is 7.14. The summed E-state index contributed by atoms with van der Waals surface area (Å²) in [4.78, 5) is 22.0. The highest BCUT2D eigenvalue weighted by Crippen LogP contribution is 2.23. The van der Waals surface area contributed by atoms with Gasteiger partial charge < -0.3 is 5.32 Å². The molecule has 2 aromatic carbocycles. The van der Waals surface area contributed by atoms with Crippen LogP contribution in [-0.2, 0) is 28.9 Å². The molecule has 0 saturated carbocycles. The van der Waals surface area contributed by atoms with E-state index < -0.39 is 0 Å². The smallest absolute Gasteiger partial charge is 0.224 e. The fourth-order valence-electron chi connectivity index (χ4n) is 3.06. The molecule has 1 amide bonds. The third kappa shape index (κ3) is 3.67. The molecule has 0 unspecified atom stereocenters. The molecule has 0 atom stereocenters. The minimum Gasteiger partial charge on any atom is -0.326 e. The second-order valence-corrected chi connectivity index (χ2v) is 6.37. The lowest BCUT2D eigenvalue weighted by Crippen LogP contribution is -2.18. The highest BCUT2D eigenvalue weighted by molar-refractivity contribution is 5.94. The molecular formula is C20H21NO2. The number of ketones is 1. The first-order chi connectivity index (χ1) is 11.0. The molecule has 2 aliphatic rings. The molecular weight excluding hydrogens is 286 g/mol. The number of carbonyl (C=O) groups is 2. The highest BCUT2D eigenvalue weighted by Gasteiger charge is 2.17. The summed E-state index contributed by atoms with van der Waals surface area (Å²) in [6.45, 7) is 4.09. The van der Waals surface area contributed by atoms with Gasteiger partial charge in [0.05, 0.1) is 0 Å². The quantitative estimate of drug-likeness (QED) is 0.809. The van der Waals surface area contributed by atoms with Crippen molar-refractivity contribution in [3.8, 4) is 0 Å². The fourth-order valence-corrected chi connectivity index (χ4v) is 3.06. The van der Waals surface area contributed by atoms with Gasteiger partial charge in [0.1, 0.15) is 5.78 Å². The number of Topliss-reactive ketones (excluding diaryl/α,β-unsaturated/α-hetero) is 1. The molecule has 3 heteroatoms. The summed E-state index contributed by atoms with van der Waals surface area (Å²) in [6.07, 6.45) is 2.80. The van der Waals surface area contributed by atoms with Gasteiger partial charge in [0.2, 0.25) is 5.91 Å². The summed E-state index contributed by atoms with van der Waals surface area (Å²) in [7, 11) is 0. The molecule has 4 rings (SSSR count). The number of carbonyl (C=O) groups excluding carboxylic acids is 2. The molecule has 0 saturated heterocycles. The van der Waals surface area contributed by atoms with Gasteiger partial charge in [-0.25, -0.2) is 0 Å². The van der Waals surface area contributed by atoms with E-state index >= 15 is 0 Å². The molecule has 0 fully saturated rings. The Kier molecular flexibility index (Phi) is 4.28. The van der Waals surface area contributed by atoms with Gasteiger partial charge in [0.15, 0.2) is 0 Å². The Bertz CT molecular complexity index is 777. The summed E-state index contributed by atoms with van der Waals surface area (Å²) >= 11 is 0. The van der Waals surface area contributed by atoms with Crippen molar-refractivity contribution in [1.29, 1.82) is 0 Å². The van der Waals surface area contributed by atoms with Crippen molar-refractivity contribution in [1.82, 2.24) is 0 Å². The van der Waals surface area contributed by atoms with Crippen molar-refractivity contribution in [2.75, 3.05) is 5.32 Å². The minimum absolute atomic E-state index is 0.133. The van der Waals surface area contributed by atoms with E-state index in [-0.39, 0.29) is 5.91 Å². The first kappa shape index (κ1) is 15.5. The Morgan fingerprint density at radius 3 is 2.22 bits per heavy atom. The number of anilines is 1. The van der Waals surface area contributed by atoms with Crippen molar-refractivity contribution in [2.45, 2.75) is 39.5 Å². The third-order valence-electron chi connectivity index (χ3n) is 4.30. The van der Waals surface area contributed by atoms with Crippen molar-refractivity contribution < 1.29 is 9.59 Å². The Hall–Kier alpha value is -2.42. The van der Waals surface area contributed by atoms with Crippen LogP contribution >= 0.6 is 0 Å². The van der Waals surface area contributed by atoms with Crippen LogP contribution in [-0.4, -0.2) is 11.7 Å². The van der Waals surface area contributed by atoms with E-state index in [1.54, 1.807) is 0 Å². The zero-order valence-corrected chi connectivity index (χ0v) is 13.6. The standard InChI is InChI=1S/C10H11NO.C10H10O/c1-7-2-3-8-4-5-10(12)11-9(8)6-7;1-7-2-3-8-5-10(11)6-9(8)4-7/h2-3,6H,4-5H2,1H3,(H,11,12);2-4H,5-6H2,1H3. The number of fused-ring (bicyclic) bond motifs is 2. The minimum atomic E-state index is 0.133. The molecule has 1 aliphatic carbocycles. The number of hydrogen-bond acceptors (Lipinski definition) is 2. The molecule has 0 spiro atoms. The largest absolute Gasteiger partial charge is 0.326 e. The predicted octanol–water partition coefficient (Wildman–Crippen LogP) is 3.54. The second kappa shape index (κ2) is 6.37. The lowest BCUT2D eigenvalue weighted by Gasteiger charge is -2.16. The van der Waals surface area contributed by atoms with Crippen molar-refractivity contribution >= 4 is 17.4 Å². The van der Waals surface area contributed by atoms with Crippen LogP contribution < -0.4 is 5.32 Å². The molecule has 0 bridgehead atoms. The molecule has 118 valence electrons. The average molecular weight is 307 g/mol. The van der Waals surface area contributed by atoms with Crippen LogP contribution in [0.15, 0.2) is 36.4 Å². The molecule has 3 nitrogen and oxygen atoms in total. The maximum Gasteiger partial charge on any atom is 0.224 e. The fraction of sp³-hybridized carbons (Fsp3) is 0.300. The van der Waals surface area contributed by atoms with Crippen molar-refractivity contribution in [3.05, 3.63) is 64.2 Å². The van der Waals surface area contributed by atoms with Gasteiger partial charge in [0, 0.05) is 24.9 Å². The topological polar surface area (TPSA) is 46.2 Å². The van der Waals surface area contributed by atoms with Crippen LogP contribution in [0, 0.1) is 13.8 Å². The predicted molar refractivity (Wildman–Crippen MR) is 91.7 cm³/mol. The van der Waals surface area contributed by atoms with Gasteiger partial charge >= 0.3 is 0 Å². The van der Waals surface area contributed by atoms with Crippen molar-refractivity contribution in [3.63, 3.8) is 0 Å². The maximum atomic E-state index is 11.0. The molecule has 1 aliphatic heterocycles. The summed E-state index contributed by atoms with van der Waals surface area (Å²) in [5, 5.41) is 2.86. The van der Waals surface area contributed by atoms with Crippen LogP contribution in [0.5, 0.6) is 0 Å². The SMILES string of the molecule is Cc1ccc2c(c1)CC(=O)C2.Cc1ccc2c(c1)NC(=O)CC2. The average Bonchev–Trinajstić information content (AvgIpc) is 2.86. The maximum absolute atomic E-state index is 11.0. The van der Waals surface area contributed by atoms with Gasteiger partial charge in [-0.05, 0) is 48.6 Å². The van der Waals surface area contributed by atoms with Crippen LogP contribution in [0.2, 0.25) is 0 Å². The Labute approximate surface area is 136 Å². The van der Waals surface area contributed by atoms with E-state index in [2.05, 4.69) is 42.6 Å². The summed E-state index contributed by atoms with van der Waals surface area (Å²) < 4.78 is 0. The lowest BCUT2D eigenvalue weighted by molar-refractivity contribution is -0.117. The lowest BCUT2D eigenvalue weighted by atomic mass is 10.0. The van der Waals surface area contributed by atoms with Gasteiger partial charge in [0.25, 0.3) is 0 Å². The number of benzene rings is 2. The first-order valence-corrected chi connectivity index (χ1v) is 8.01. The van der Waals surface area contributed by atoms with Crippen LogP contribution in [0.3, 0.4) is 0 Å². The number of hydrogen-bond donors (Lipinski definition) is 1. The molecule has 2 aromatic rings. The monoisotopic (exact) mass is 307 g/mol. The van der Waals surface area contributed by atoms with Crippen LogP contribution in [0.1, 0.15) is 34.2 Å². The Morgan fingerprint density at radius 2 is 1.43 bits per heavy atom. The zero-order chi connectivity index (χ0) is 16.4. The van der Waals surface area contributed by atoms with E-state index in [4.69, 9.17) is 0 Å². The molecule has 1 N–H and O–H groups in total. The van der Waals surface area contributed by atoms with Gasteiger partial charge in [-0.1, -0.05) is 35.9 Å². The number of rotatable bonds is 0. The van der Waals surface area contributed by atoms with E-state index in [0.29, 0.717) is 25.0 Å².